The number of hydrogen-bond acceptors (Lipinski definition) is 5. The Kier molecular flexibility index (Phi) is 13.5. The predicted molar refractivity (Wildman–Crippen MR) is 154 cm³/mol. The Morgan fingerprint density at radius 3 is 2.22 bits per heavy atom. The molecule has 0 radical (unpaired) electrons. The molecule has 2 unspecified atom stereocenters. The largest absolute Gasteiger partial charge is 0.444 e. The minimum absolute atomic E-state index is 0.230. The maximum Gasteiger partial charge on any atom is 0.408 e. The zero-order valence-electron chi connectivity index (χ0n) is 24.4. The summed E-state index contributed by atoms with van der Waals surface area (Å²) in [5.74, 6) is 0.180. The van der Waals surface area contributed by atoms with Gasteiger partial charge in [0.2, 0.25) is 11.8 Å². The highest BCUT2D eigenvalue weighted by atomic mass is 32.2. The Hall–Kier alpha value is -2.22. The average molecular weight is 536 g/mol. The molecule has 37 heavy (non-hydrogen) atoms. The third-order valence-corrected chi connectivity index (χ3v) is 6.32. The number of aryl methyl sites for hydroxylation is 1. The van der Waals surface area contributed by atoms with Gasteiger partial charge in [-0.3, -0.25) is 9.59 Å². The van der Waals surface area contributed by atoms with E-state index in [-0.39, 0.29) is 11.8 Å². The lowest BCUT2D eigenvalue weighted by molar-refractivity contribution is -0.143. The third-order valence-electron chi connectivity index (χ3n) is 5.68. The van der Waals surface area contributed by atoms with Gasteiger partial charge in [0.15, 0.2) is 0 Å². The van der Waals surface area contributed by atoms with Crippen LogP contribution < -0.4 is 10.6 Å². The van der Waals surface area contributed by atoms with Crippen molar-refractivity contribution in [3.63, 3.8) is 0 Å². The zero-order valence-corrected chi connectivity index (χ0v) is 25.2. The van der Waals surface area contributed by atoms with Crippen LogP contribution in [0, 0.1) is 6.92 Å². The highest BCUT2D eigenvalue weighted by molar-refractivity contribution is 7.98. The summed E-state index contributed by atoms with van der Waals surface area (Å²) in [4.78, 5) is 42.3. The molecule has 0 saturated heterocycles. The number of amides is 3. The molecule has 1 rings (SSSR count). The summed E-state index contributed by atoms with van der Waals surface area (Å²) in [5, 5.41) is 5.89. The molecule has 1 aromatic rings. The summed E-state index contributed by atoms with van der Waals surface area (Å²) >= 11 is 1.60. The molecule has 0 bridgehead atoms. The number of alkyl carbamates (subject to hydrolysis) is 1. The van der Waals surface area contributed by atoms with E-state index in [0.717, 1.165) is 36.8 Å². The van der Waals surface area contributed by atoms with E-state index in [1.807, 2.05) is 58.2 Å². The van der Waals surface area contributed by atoms with Crippen molar-refractivity contribution in [1.82, 2.24) is 15.5 Å². The van der Waals surface area contributed by atoms with E-state index in [2.05, 4.69) is 17.6 Å². The van der Waals surface area contributed by atoms with Gasteiger partial charge in [-0.15, -0.1) is 0 Å². The van der Waals surface area contributed by atoms with Crippen LogP contribution in [-0.2, 0) is 14.3 Å². The summed E-state index contributed by atoms with van der Waals surface area (Å²) in [6.07, 6.45) is 5.61. The summed E-state index contributed by atoms with van der Waals surface area (Å²) in [5.41, 5.74) is 0.563. The molecule has 0 aliphatic carbocycles. The van der Waals surface area contributed by atoms with Crippen LogP contribution in [0.25, 0.3) is 0 Å². The highest BCUT2D eigenvalue weighted by Crippen LogP contribution is 2.27. The molecule has 7 nitrogen and oxygen atoms in total. The van der Waals surface area contributed by atoms with E-state index < -0.39 is 29.3 Å². The molecule has 0 aliphatic rings. The molecule has 0 aliphatic heterocycles. The van der Waals surface area contributed by atoms with E-state index in [0.29, 0.717) is 18.7 Å². The average Bonchev–Trinajstić information content (AvgIpc) is 2.76. The van der Waals surface area contributed by atoms with Crippen molar-refractivity contribution < 1.29 is 19.1 Å². The number of nitrogens with zero attached hydrogens (tertiary/aromatic N) is 1. The number of carbonyl (C=O) groups excluding carboxylic acids is 3. The van der Waals surface area contributed by atoms with Crippen LogP contribution in [0.4, 0.5) is 4.79 Å². The fourth-order valence-electron chi connectivity index (χ4n) is 4.00. The molecule has 0 spiro atoms. The second-order valence-corrected chi connectivity index (χ2v) is 12.6. The normalized spacial score (nSPS) is 13.4. The Morgan fingerprint density at radius 2 is 1.68 bits per heavy atom. The second kappa shape index (κ2) is 15.3. The smallest absolute Gasteiger partial charge is 0.408 e. The minimum atomic E-state index is -0.813. The van der Waals surface area contributed by atoms with E-state index in [9.17, 15) is 14.4 Å². The molecular formula is C29H49N3O4S. The Balaban J connectivity index is 3.50. The molecule has 8 heteroatoms. The summed E-state index contributed by atoms with van der Waals surface area (Å²) in [6.45, 7) is 15.7. The summed E-state index contributed by atoms with van der Waals surface area (Å²) < 4.78 is 5.46. The van der Waals surface area contributed by atoms with E-state index in [1.165, 1.54) is 0 Å². The first kappa shape index (κ1) is 32.8. The van der Waals surface area contributed by atoms with E-state index >= 15 is 0 Å². The fourth-order valence-corrected chi connectivity index (χ4v) is 4.47. The van der Waals surface area contributed by atoms with Crippen LogP contribution in [0.3, 0.4) is 0 Å². The molecule has 0 aromatic heterocycles. The maximum atomic E-state index is 14.2. The predicted octanol–water partition coefficient (Wildman–Crippen LogP) is 6.01. The number of nitrogens with one attached hydrogen (secondary N) is 2. The van der Waals surface area contributed by atoms with Crippen molar-refractivity contribution in [2.24, 2.45) is 0 Å². The lowest BCUT2D eigenvalue weighted by Gasteiger charge is -2.36. The fraction of sp³-hybridized carbons (Fsp3) is 0.690. The van der Waals surface area contributed by atoms with Gasteiger partial charge in [0.1, 0.15) is 17.7 Å². The van der Waals surface area contributed by atoms with E-state index in [4.69, 9.17) is 4.74 Å². The summed E-state index contributed by atoms with van der Waals surface area (Å²) in [6, 6.07) is 6.07. The molecule has 2 N–H and O–H groups in total. The van der Waals surface area contributed by atoms with Gasteiger partial charge in [0, 0.05) is 12.1 Å². The number of carbonyl (C=O) groups is 3. The number of hydrogen-bond donors (Lipinski definition) is 2. The van der Waals surface area contributed by atoms with Crippen molar-refractivity contribution >= 4 is 29.7 Å². The minimum Gasteiger partial charge on any atom is -0.444 e. The molecule has 0 saturated carbocycles. The molecule has 210 valence electrons. The number of thioether (sulfide) groups is 1. The molecule has 1 aromatic carbocycles. The van der Waals surface area contributed by atoms with Crippen LogP contribution in [0.2, 0.25) is 0 Å². The van der Waals surface area contributed by atoms with Gasteiger partial charge in [-0.05, 0) is 84.4 Å². The highest BCUT2D eigenvalue weighted by Gasteiger charge is 2.37. The first-order chi connectivity index (χ1) is 17.2. The van der Waals surface area contributed by atoms with Crippen molar-refractivity contribution in [3.05, 3.63) is 35.4 Å². The lowest BCUT2D eigenvalue weighted by atomic mass is 9.96. The maximum absolute atomic E-state index is 14.2. The van der Waals surface area contributed by atoms with Crippen molar-refractivity contribution in [2.45, 2.75) is 111 Å². The monoisotopic (exact) mass is 535 g/mol. The SMILES string of the molecule is CCCCCCN(C(=O)C(CCSC)NC(=O)OC(C)(C)C)C(C(=O)NC(C)(C)C)c1ccccc1C. The lowest BCUT2D eigenvalue weighted by Crippen LogP contribution is -2.55. The van der Waals surface area contributed by atoms with Gasteiger partial charge in [0.05, 0.1) is 0 Å². The van der Waals surface area contributed by atoms with Crippen LogP contribution in [0.1, 0.15) is 97.7 Å². The quantitative estimate of drug-likeness (QED) is 0.302. The van der Waals surface area contributed by atoms with Crippen molar-refractivity contribution in [3.8, 4) is 0 Å². The van der Waals surface area contributed by atoms with Crippen molar-refractivity contribution in [2.75, 3.05) is 18.6 Å². The molecule has 0 fully saturated rings. The van der Waals surface area contributed by atoms with Crippen LogP contribution >= 0.6 is 11.8 Å². The number of ether oxygens (including phenoxy) is 1. The molecular weight excluding hydrogens is 486 g/mol. The van der Waals surface area contributed by atoms with Gasteiger partial charge >= 0.3 is 6.09 Å². The third kappa shape index (κ3) is 12.2. The Morgan fingerprint density at radius 1 is 1.03 bits per heavy atom. The first-order valence-corrected chi connectivity index (χ1v) is 14.8. The topological polar surface area (TPSA) is 87.7 Å². The number of rotatable bonds is 13. The van der Waals surface area contributed by atoms with Gasteiger partial charge in [-0.25, -0.2) is 4.79 Å². The standard InChI is InChI=1S/C29H49N3O4S/c1-10-11-12-15-19-32(26(34)23(18-20-37-9)30-27(35)36-29(6,7)8)24(25(33)31-28(3,4)5)22-17-14-13-16-21(22)2/h13-14,16-17,23-24H,10-12,15,18-20H2,1-9H3,(H,30,35)(H,31,33). The van der Waals surface area contributed by atoms with Crippen LogP contribution in [-0.4, -0.2) is 58.5 Å². The first-order valence-electron chi connectivity index (χ1n) is 13.4. The van der Waals surface area contributed by atoms with E-state index in [1.54, 1.807) is 37.4 Å². The summed E-state index contributed by atoms with van der Waals surface area (Å²) in [7, 11) is 0. The molecule has 0 heterocycles. The molecule has 3 amide bonds. The second-order valence-electron chi connectivity index (χ2n) is 11.6. The molecule has 2 atom stereocenters. The van der Waals surface area contributed by atoms with Gasteiger partial charge in [-0.2, -0.15) is 11.8 Å². The van der Waals surface area contributed by atoms with Gasteiger partial charge in [0.25, 0.3) is 0 Å². The number of unbranched alkanes of at least 4 members (excludes halogenated alkanes) is 3. The van der Waals surface area contributed by atoms with Gasteiger partial charge in [-0.1, -0.05) is 50.5 Å². The van der Waals surface area contributed by atoms with Crippen molar-refractivity contribution in [1.29, 1.82) is 0 Å². The van der Waals surface area contributed by atoms with Crippen LogP contribution in [0.15, 0.2) is 24.3 Å². The Labute approximate surface area is 228 Å². The van der Waals surface area contributed by atoms with Crippen LogP contribution in [0.5, 0.6) is 0 Å². The zero-order chi connectivity index (χ0) is 28.2. The van der Waals surface area contributed by atoms with Gasteiger partial charge < -0.3 is 20.3 Å². The Bertz CT molecular complexity index is 877. The number of benzene rings is 1.